The second-order valence-electron chi connectivity index (χ2n) is 9.20. The maximum Gasteiger partial charge on any atom is 0.248 e. The highest BCUT2D eigenvalue weighted by Gasteiger charge is 2.17. The number of aromatic nitrogens is 3. The average molecular weight is 493 g/mol. The molecule has 0 bridgehead atoms. The first kappa shape index (κ1) is 24.5. The van der Waals surface area contributed by atoms with Crippen molar-refractivity contribution in [1.82, 2.24) is 19.7 Å². The molecule has 1 fully saturated rings. The van der Waals surface area contributed by atoms with E-state index in [0.29, 0.717) is 0 Å². The minimum Gasteiger partial charge on any atom is -0.369 e. The topological polar surface area (TPSA) is 66.3 Å². The van der Waals surface area contributed by atoms with Gasteiger partial charge in [-0.3, -0.25) is 9.78 Å². The van der Waals surface area contributed by atoms with E-state index in [2.05, 4.69) is 40.0 Å². The summed E-state index contributed by atoms with van der Waals surface area (Å²) in [6.07, 6.45) is 8.80. The number of benzene rings is 2. The van der Waals surface area contributed by atoms with Crippen molar-refractivity contribution in [2.75, 3.05) is 42.9 Å². The summed E-state index contributed by atoms with van der Waals surface area (Å²) in [4.78, 5) is 22.0. The van der Waals surface area contributed by atoms with Gasteiger partial charge in [0.05, 0.1) is 5.69 Å². The molecule has 1 amide bonds. The summed E-state index contributed by atoms with van der Waals surface area (Å²) >= 11 is 0. The van der Waals surface area contributed by atoms with Gasteiger partial charge in [0.2, 0.25) is 5.91 Å². The standard InChI is InChI=1S/C30H32N6O/c1-3-34-16-18-35(19-17-34)28-13-12-26(20-23(28)2)32-29(37)14-11-25-22-36(27-9-5-4-6-10-27)33-30(25)24-8-7-15-31-21-24/h4-15,20-22H,3,16-19H2,1-2H3,(H,32,37)/b14-11+. The maximum absolute atomic E-state index is 12.8. The molecule has 7 heteroatoms. The van der Waals surface area contributed by atoms with Gasteiger partial charge >= 0.3 is 0 Å². The number of piperazine rings is 1. The molecule has 5 rings (SSSR count). The van der Waals surface area contributed by atoms with Crippen LogP contribution in [-0.2, 0) is 4.79 Å². The van der Waals surface area contributed by atoms with Crippen LogP contribution in [0.3, 0.4) is 0 Å². The molecule has 0 radical (unpaired) electrons. The van der Waals surface area contributed by atoms with E-state index < -0.39 is 0 Å². The van der Waals surface area contributed by atoms with Crippen LogP contribution in [0.4, 0.5) is 11.4 Å². The van der Waals surface area contributed by atoms with Crippen LogP contribution in [0.25, 0.3) is 23.0 Å². The minimum atomic E-state index is -0.187. The summed E-state index contributed by atoms with van der Waals surface area (Å²) in [5, 5.41) is 7.78. The molecule has 2 aromatic carbocycles. The van der Waals surface area contributed by atoms with Crippen molar-refractivity contribution in [2.24, 2.45) is 0 Å². The van der Waals surface area contributed by atoms with Gasteiger partial charge in [-0.15, -0.1) is 0 Å². The molecule has 2 aromatic heterocycles. The molecule has 1 saturated heterocycles. The summed E-state index contributed by atoms with van der Waals surface area (Å²) in [6, 6.07) is 19.9. The quantitative estimate of drug-likeness (QED) is 0.366. The van der Waals surface area contributed by atoms with Crippen LogP contribution in [0, 0.1) is 6.92 Å². The predicted molar refractivity (Wildman–Crippen MR) is 150 cm³/mol. The van der Waals surface area contributed by atoms with E-state index >= 15 is 0 Å². The number of rotatable bonds is 7. The lowest BCUT2D eigenvalue weighted by atomic mass is 10.1. The zero-order chi connectivity index (χ0) is 25.6. The zero-order valence-corrected chi connectivity index (χ0v) is 21.3. The molecule has 7 nitrogen and oxygen atoms in total. The largest absolute Gasteiger partial charge is 0.369 e. The molecule has 1 aliphatic heterocycles. The van der Waals surface area contributed by atoms with Gasteiger partial charge in [-0.2, -0.15) is 5.10 Å². The Balaban J connectivity index is 1.31. The number of pyridine rings is 1. The third-order valence-corrected chi connectivity index (χ3v) is 6.74. The number of amides is 1. The molecule has 1 aliphatic rings. The molecule has 4 aromatic rings. The van der Waals surface area contributed by atoms with Crippen molar-refractivity contribution in [2.45, 2.75) is 13.8 Å². The van der Waals surface area contributed by atoms with Gasteiger partial charge < -0.3 is 15.1 Å². The van der Waals surface area contributed by atoms with Crippen molar-refractivity contribution < 1.29 is 4.79 Å². The van der Waals surface area contributed by atoms with Gasteiger partial charge in [-0.1, -0.05) is 25.1 Å². The lowest BCUT2D eigenvalue weighted by Gasteiger charge is -2.36. The zero-order valence-electron chi connectivity index (χ0n) is 21.3. The highest BCUT2D eigenvalue weighted by atomic mass is 16.1. The van der Waals surface area contributed by atoms with Crippen LogP contribution in [0.2, 0.25) is 0 Å². The Bertz CT molecular complexity index is 1370. The number of para-hydroxylation sites is 1. The Morgan fingerprint density at radius 2 is 1.84 bits per heavy atom. The van der Waals surface area contributed by atoms with E-state index in [-0.39, 0.29) is 5.91 Å². The van der Waals surface area contributed by atoms with Crippen LogP contribution < -0.4 is 10.2 Å². The summed E-state index contributed by atoms with van der Waals surface area (Å²) in [6.45, 7) is 9.63. The average Bonchev–Trinajstić information content (AvgIpc) is 3.37. The van der Waals surface area contributed by atoms with E-state index in [0.717, 1.165) is 66.5 Å². The smallest absolute Gasteiger partial charge is 0.248 e. The Hall–Kier alpha value is -4.23. The highest BCUT2D eigenvalue weighted by Crippen LogP contribution is 2.26. The highest BCUT2D eigenvalue weighted by molar-refractivity contribution is 6.02. The number of likely N-dealkylation sites (N-methyl/N-ethyl adjacent to an activating group) is 1. The fourth-order valence-corrected chi connectivity index (χ4v) is 4.69. The Kier molecular flexibility index (Phi) is 7.42. The summed E-state index contributed by atoms with van der Waals surface area (Å²) in [7, 11) is 0. The molecule has 0 aliphatic carbocycles. The second-order valence-corrected chi connectivity index (χ2v) is 9.20. The van der Waals surface area contributed by atoms with Crippen molar-refractivity contribution in [3.05, 3.63) is 96.5 Å². The number of hydrogen-bond acceptors (Lipinski definition) is 5. The number of carbonyl (C=O) groups is 1. The molecule has 3 heterocycles. The molecule has 0 saturated carbocycles. The minimum absolute atomic E-state index is 0.187. The monoisotopic (exact) mass is 492 g/mol. The fraction of sp³-hybridized carbons (Fsp3) is 0.233. The van der Waals surface area contributed by atoms with Crippen molar-refractivity contribution in [3.8, 4) is 16.9 Å². The van der Waals surface area contributed by atoms with Crippen LogP contribution in [0.1, 0.15) is 18.1 Å². The summed E-state index contributed by atoms with van der Waals surface area (Å²) in [5.41, 5.74) is 6.63. The van der Waals surface area contributed by atoms with Gasteiger partial charge in [-0.05, 0) is 67.6 Å². The van der Waals surface area contributed by atoms with Gasteiger partial charge in [0.15, 0.2) is 0 Å². The molecule has 0 unspecified atom stereocenters. The Morgan fingerprint density at radius 1 is 1.03 bits per heavy atom. The van der Waals surface area contributed by atoms with Gasteiger partial charge in [0.1, 0.15) is 5.69 Å². The van der Waals surface area contributed by atoms with E-state index in [4.69, 9.17) is 5.10 Å². The number of nitrogens with one attached hydrogen (secondary N) is 1. The predicted octanol–water partition coefficient (Wildman–Crippen LogP) is 5.04. The van der Waals surface area contributed by atoms with Crippen LogP contribution in [0.15, 0.2) is 85.3 Å². The maximum atomic E-state index is 12.8. The third kappa shape index (κ3) is 5.78. The number of nitrogens with zero attached hydrogens (tertiary/aromatic N) is 5. The second kappa shape index (κ2) is 11.2. The van der Waals surface area contributed by atoms with Crippen molar-refractivity contribution >= 4 is 23.4 Å². The number of anilines is 2. The molecule has 0 atom stereocenters. The van der Waals surface area contributed by atoms with Crippen LogP contribution >= 0.6 is 0 Å². The summed E-state index contributed by atoms with van der Waals surface area (Å²) < 4.78 is 1.82. The first-order valence-electron chi connectivity index (χ1n) is 12.7. The summed E-state index contributed by atoms with van der Waals surface area (Å²) in [5.74, 6) is -0.187. The number of carbonyl (C=O) groups excluding carboxylic acids is 1. The van der Waals surface area contributed by atoms with Gasteiger partial charge in [-0.25, -0.2) is 4.68 Å². The molecule has 1 N–H and O–H groups in total. The molecular formula is C30H32N6O. The van der Waals surface area contributed by atoms with Crippen molar-refractivity contribution in [3.63, 3.8) is 0 Å². The van der Waals surface area contributed by atoms with Crippen LogP contribution in [0.5, 0.6) is 0 Å². The normalized spacial score (nSPS) is 14.3. The number of aryl methyl sites for hydroxylation is 1. The molecule has 37 heavy (non-hydrogen) atoms. The first-order chi connectivity index (χ1) is 18.1. The molecule has 188 valence electrons. The first-order valence-corrected chi connectivity index (χ1v) is 12.7. The Labute approximate surface area is 218 Å². The van der Waals surface area contributed by atoms with E-state index in [1.807, 2.05) is 65.5 Å². The van der Waals surface area contributed by atoms with E-state index in [1.54, 1.807) is 24.5 Å². The molecular weight excluding hydrogens is 460 g/mol. The lowest BCUT2D eigenvalue weighted by molar-refractivity contribution is -0.111. The number of hydrogen-bond donors (Lipinski definition) is 1. The van der Waals surface area contributed by atoms with E-state index in [1.165, 1.54) is 5.69 Å². The van der Waals surface area contributed by atoms with E-state index in [9.17, 15) is 4.79 Å². The third-order valence-electron chi connectivity index (χ3n) is 6.74. The van der Waals surface area contributed by atoms with Gasteiger partial charge in [0.25, 0.3) is 0 Å². The fourth-order valence-electron chi connectivity index (χ4n) is 4.69. The van der Waals surface area contributed by atoms with Crippen molar-refractivity contribution in [1.29, 1.82) is 0 Å². The lowest BCUT2D eigenvalue weighted by Crippen LogP contribution is -2.46. The van der Waals surface area contributed by atoms with Gasteiger partial charge in [0, 0.05) is 73.3 Å². The Morgan fingerprint density at radius 3 is 2.54 bits per heavy atom. The SMILES string of the molecule is CCN1CCN(c2ccc(NC(=O)/C=C/c3cn(-c4ccccc4)nc3-c3cccnc3)cc2C)CC1. The van der Waals surface area contributed by atoms with Crippen LogP contribution in [-0.4, -0.2) is 58.3 Å². The molecule has 0 spiro atoms.